The molecule has 1 aromatic heterocycles. The second-order valence-electron chi connectivity index (χ2n) is 6.29. The van der Waals surface area contributed by atoms with E-state index in [1.807, 2.05) is 19.1 Å². The number of benzene rings is 1. The lowest BCUT2D eigenvalue weighted by Crippen LogP contribution is -2.22. The van der Waals surface area contributed by atoms with Gasteiger partial charge in [-0.3, -0.25) is 10.1 Å². The van der Waals surface area contributed by atoms with Gasteiger partial charge in [-0.2, -0.15) is 0 Å². The van der Waals surface area contributed by atoms with E-state index in [-0.39, 0.29) is 11.7 Å². The molecule has 1 aliphatic carbocycles. The molecule has 1 saturated carbocycles. The Labute approximate surface area is 155 Å². The Kier molecular flexibility index (Phi) is 5.62. The number of aromatic nitrogens is 1. The van der Waals surface area contributed by atoms with Crippen LogP contribution in [0.2, 0.25) is 0 Å². The van der Waals surface area contributed by atoms with Gasteiger partial charge in [-0.25, -0.2) is 9.78 Å². The maximum absolute atomic E-state index is 12.8. The number of nitrogens with zero attached hydrogens (tertiary/aromatic N) is 2. The van der Waals surface area contributed by atoms with Crippen molar-refractivity contribution < 1.29 is 14.8 Å². The van der Waals surface area contributed by atoms with E-state index in [0.717, 1.165) is 31.2 Å². The number of oxime groups is 1. The zero-order valence-electron chi connectivity index (χ0n) is 14.4. The maximum Gasteiger partial charge on any atom is 0.325 e. The molecule has 1 fully saturated rings. The van der Waals surface area contributed by atoms with Gasteiger partial charge >= 0.3 is 6.03 Å². The lowest BCUT2D eigenvalue weighted by atomic mass is 9.94. The summed E-state index contributed by atoms with van der Waals surface area (Å²) in [6.07, 6.45) is 6.70. The zero-order chi connectivity index (χ0) is 18.5. The molecule has 136 valence electrons. The maximum atomic E-state index is 12.8. The van der Waals surface area contributed by atoms with Gasteiger partial charge in [0.15, 0.2) is 10.9 Å². The van der Waals surface area contributed by atoms with Gasteiger partial charge in [0, 0.05) is 17.7 Å². The first-order valence-corrected chi connectivity index (χ1v) is 9.24. The molecule has 0 radical (unpaired) electrons. The average molecular weight is 372 g/mol. The van der Waals surface area contributed by atoms with Crippen LogP contribution < -0.4 is 10.6 Å². The molecule has 26 heavy (non-hydrogen) atoms. The number of carbonyl (C=O) groups is 2. The van der Waals surface area contributed by atoms with Gasteiger partial charge in [0.2, 0.25) is 0 Å². The van der Waals surface area contributed by atoms with Crippen LogP contribution in [0.1, 0.15) is 46.5 Å². The number of urea groups is 1. The summed E-state index contributed by atoms with van der Waals surface area (Å²) < 4.78 is 0. The largest absolute Gasteiger partial charge is 0.411 e. The lowest BCUT2D eigenvalue weighted by molar-refractivity contribution is 0.0923. The third-order valence-electron chi connectivity index (χ3n) is 4.34. The van der Waals surface area contributed by atoms with Gasteiger partial charge < -0.3 is 10.5 Å². The predicted octanol–water partition coefficient (Wildman–Crippen LogP) is 4.28. The topological polar surface area (TPSA) is 104 Å². The van der Waals surface area contributed by atoms with Crippen molar-refractivity contribution in [2.24, 2.45) is 11.1 Å². The number of rotatable bonds is 5. The van der Waals surface area contributed by atoms with Crippen LogP contribution in [-0.2, 0) is 0 Å². The minimum Gasteiger partial charge on any atom is -0.411 e. The first-order chi connectivity index (χ1) is 12.6. The first-order valence-electron chi connectivity index (χ1n) is 8.43. The molecule has 2 aromatic rings. The van der Waals surface area contributed by atoms with Crippen molar-refractivity contribution in [3.8, 4) is 0 Å². The monoisotopic (exact) mass is 372 g/mol. The summed E-state index contributed by atoms with van der Waals surface area (Å²) >= 11 is 1.17. The van der Waals surface area contributed by atoms with Crippen molar-refractivity contribution in [3.05, 3.63) is 40.4 Å². The Bertz CT molecular complexity index is 841. The molecule has 2 amide bonds. The van der Waals surface area contributed by atoms with Crippen molar-refractivity contribution in [2.45, 2.75) is 32.6 Å². The van der Waals surface area contributed by atoms with E-state index >= 15 is 0 Å². The van der Waals surface area contributed by atoms with Crippen LogP contribution in [0.5, 0.6) is 0 Å². The minimum atomic E-state index is -0.476. The molecule has 0 saturated heterocycles. The van der Waals surface area contributed by atoms with E-state index in [4.69, 9.17) is 5.21 Å². The van der Waals surface area contributed by atoms with Gasteiger partial charge in [-0.1, -0.05) is 41.0 Å². The summed E-state index contributed by atoms with van der Waals surface area (Å²) in [5.41, 5.74) is 2.03. The fourth-order valence-corrected chi connectivity index (χ4v) is 3.77. The second-order valence-corrected chi connectivity index (χ2v) is 7.35. The molecule has 8 heteroatoms. The van der Waals surface area contributed by atoms with Gasteiger partial charge in [0.25, 0.3) is 0 Å². The Morgan fingerprint density at radius 3 is 2.81 bits per heavy atom. The van der Waals surface area contributed by atoms with Crippen molar-refractivity contribution in [3.63, 3.8) is 0 Å². The van der Waals surface area contributed by atoms with E-state index < -0.39 is 6.03 Å². The summed E-state index contributed by atoms with van der Waals surface area (Å²) in [5.74, 6) is 0.136. The molecule has 3 N–H and O–H groups in total. The van der Waals surface area contributed by atoms with E-state index in [1.165, 1.54) is 23.7 Å². The van der Waals surface area contributed by atoms with Crippen molar-refractivity contribution in [1.82, 2.24) is 4.98 Å². The van der Waals surface area contributed by atoms with Crippen molar-refractivity contribution in [2.75, 3.05) is 10.6 Å². The number of ketones is 1. The molecular weight excluding hydrogens is 352 g/mol. The molecule has 7 nitrogen and oxygen atoms in total. The van der Waals surface area contributed by atoms with Crippen LogP contribution in [0.25, 0.3) is 0 Å². The van der Waals surface area contributed by atoms with Gasteiger partial charge in [0.1, 0.15) is 0 Å². The summed E-state index contributed by atoms with van der Waals surface area (Å²) in [6, 6.07) is 4.97. The third-order valence-corrected chi connectivity index (χ3v) is 5.19. The fourth-order valence-electron chi connectivity index (χ4n) is 3.09. The quantitative estimate of drug-likeness (QED) is 0.315. The highest BCUT2D eigenvalue weighted by molar-refractivity contribution is 7.17. The number of hydrogen-bond donors (Lipinski definition) is 3. The predicted molar refractivity (Wildman–Crippen MR) is 102 cm³/mol. The molecular formula is C18H20N4O3S. The van der Waals surface area contributed by atoms with Crippen molar-refractivity contribution in [1.29, 1.82) is 0 Å². The standard InChI is InChI=1S/C18H20N4O3S/c1-11-6-7-15(14(8-11)16(23)12-4-2-3-5-12)21-17(24)22-18-19-9-13(26-18)10-20-25/h6-10,12,25H,2-5H2,1H3,(H2,19,21,22,24)/b20-10-. The normalized spacial score (nSPS) is 14.7. The molecule has 1 heterocycles. The highest BCUT2D eigenvalue weighted by Crippen LogP contribution is 2.31. The molecule has 0 atom stereocenters. The Morgan fingerprint density at radius 2 is 2.08 bits per heavy atom. The van der Waals surface area contributed by atoms with Crippen molar-refractivity contribution >= 4 is 40.2 Å². The molecule has 0 bridgehead atoms. The zero-order valence-corrected chi connectivity index (χ0v) is 15.2. The summed E-state index contributed by atoms with van der Waals surface area (Å²) in [5, 5.41) is 17.2. The number of carbonyl (C=O) groups excluding carboxylic acids is 2. The Morgan fingerprint density at radius 1 is 1.31 bits per heavy atom. The fraction of sp³-hybridized carbons (Fsp3) is 0.333. The molecule has 0 unspecified atom stereocenters. The van der Waals surface area contributed by atoms with Gasteiger partial charge in [-0.15, -0.1) is 0 Å². The van der Waals surface area contributed by atoms with Crippen LogP contribution >= 0.6 is 11.3 Å². The SMILES string of the molecule is Cc1ccc(NC(=O)Nc2ncc(/C=N\O)s2)c(C(=O)C2CCCC2)c1. The molecule has 3 rings (SSSR count). The molecule has 1 aliphatic rings. The molecule has 0 spiro atoms. The number of thiazole rings is 1. The van der Waals surface area contributed by atoms with Gasteiger partial charge in [-0.05, 0) is 31.9 Å². The van der Waals surface area contributed by atoms with E-state index in [9.17, 15) is 9.59 Å². The van der Waals surface area contributed by atoms with E-state index in [2.05, 4.69) is 20.8 Å². The van der Waals surface area contributed by atoms with Crippen LogP contribution in [0.4, 0.5) is 15.6 Å². The third kappa shape index (κ3) is 4.26. The van der Waals surface area contributed by atoms with E-state index in [1.54, 1.807) is 6.07 Å². The lowest BCUT2D eigenvalue weighted by Gasteiger charge is -2.14. The number of nitrogens with one attached hydrogen (secondary N) is 2. The smallest absolute Gasteiger partial charge is 0.325 e. The number of aryl methyl sites for hydroxylation is 1. The highest BCUT2D eigenvalue weighted by atomic mass is 32.1. The first kappa shape index (κ1) is 18.1. The summed E-state index contributed by atoms with van der Waals surface area (Å²) in [7, 11) is 0. The number of Topliss-reactive ketones (excluding diaryl/α,β-unsaturated/α-hetero) is 1. The van der Waals surface area contributed by atoms with Crippen LogP contribution in [0.15, 0.2) is 29.6 Å². The van der Waals surface area contributed by atoms with Gasteiger partial charge in [0.05, 0.1) is 16.8 Å². The highest BCUT2D eigenvalue weighted by Gasteiger charge is 2.26. The average Bonchev–Trinajstić information content (AvgIpc) is 3.28. The molecule has 0 aliphatic heterocycles. The van der Waals surface area contributed by atoms with Crippen LogP contribution in [-0.4, -0.2) is 28.2 Å². The minimum absolute atomic E-state index is 0.0414. The van der Waals surface area contributed by atoms with Crippen LogP contribution in [0.3, 0.4) is 0 Å². The van der Waals surface area contributed by atoms with Crippen LogP contribution in [0, 0.1) is 12.8 Å². The molecule has 1 aromatic carbocycles. The number of hydrogen-bond acceptors (Lipinski definition) is 6. The Balaban J connectivity index is 1.73. The number of amides is 2. The summed E-state index contributed by atoms with van der Waals surface area (Å²) in [4.78, 5) is 29.7. The second kappa shape index (κ2) is 8.09. The summed E-state index contributed by atoms with van der Waals surface area (Å²) in [6.45, 7) is 1.93. The van der Waals surface area contributed by atoms with E-state index in [0.29, 0.717) is 21.3 Å². The number of anilines is 2. The Hall–Kier alpha value is -2.74.